The first-order valence-electron chi connectivity index (χ1n) is 2.26. The van der Waals surface area contributed by atoms with Gasteiger partial charge in [-0.3, -0.25) is 0 Å². The lowest BCUT2D eigenvalue weighted by Crippen LogP contribution is -1.93. The monoisotopic (exact) mass is 111 g/mol. The number of ether oxygens (including phenoxy) is 1. The molecule has 43 valence electrons. The van der Waals surface area contributed by atoms with Crippen LogP contribution in [0.5, 0.6) is 0 Å². The summed E-state index contributed by atoms with van der Waals surface area (Å²) in [5.74, 6) is 0. The van der Waals surface area contributed by atoms with Crippen LogP contribution in [-0.2, 0) is 11.5 Å². The molecule has 0 saturated heterocycles. The number of imidazole rings is 1. The Bertz CT molecular complexity index is 136. The summed E-state index contributed by atoms with van der Waals surface area (Å²) < 4.78 is 6.34. The SMILES string of the molecule is [CH2]OCn1ccnc1. The van der Waals surface area contributed by atoms with Gasteiger partial charge in [0.1, 0.15) is 6.73 Å². The first kappa shape index (κ1) is 5.31. The number of hydrogen-bond donors (Lipinski definition) is 0. The molecule has 0 atom stereocenters. The lowest BCUT2D eigenvalue weighted by Gasteiger charge is -1.94. The van der Waals surface area contributed by atoms with E-state index >= 15 is 0 Å². The van der Waals surface area contributed by atoms with Crippen molar-refractivity contribution < 1.29 is 4.74 Å². The Morgan fingerprint density at radius 2 is 2.62 bits per heavy atom. The van der Waals surface area contributed by atoms with E-state index in [0.29, 0.717) is 6.73 Å². The number of hydrogen-bond acceptors (Lipinski definition) is 2. The predicted octanol–water partition coefficient (Wildman–Crippen LogP) is 0.649. The van der Waals surface area contributed by atoms with Crippen LogP contribution in [0.4, 0.5) is 0 Å². The molecule has 3 nitrogen and oxygen atoms in total. The minimum Gasteiger partial charge on any atom is -0.358 e. The van der Waals surface area contributed by atoms with Crippen LogP contribution in [0, 0.1) is 7.11 Å². The second-order valence-electron chi connectivity index (χ2n) is 1.41. The summed E-state index contributed by atoms with van der Waals surface area (Å²) in [4.78, 5) is 3.80. The van der Waals surface area contributed by atoms with E-state index in [0.717, 1.165) is 0 Å². The zero-order chi connectivity index (χ0) is 5.82. The van der Waals surface area contributed by atoms with Gasteiger partial charge >= 0.3 is 0 Å². The minimum atomic E-state index is 0.472. The molecule has 0 amide bonds. The van der Waals surface area contributed by atoms with Crippen LogP contribution in [-0.4, -0.2) is 9.55 Å². The van der Waals surface area contributed by atoms with Gasteiger partial charge in [-0.25, -0.2) is 4.98 Å². The van der Waals surface area contributed by atoms with Crippen molar-refractivity contribution in [1.29, 1.82) is 0 Å². The Hall–Kier alpha value is -0.830. The fourth-order valence-electron chi connectivity index (χ4n) is 0.469. The van der Waals surface area contributed by atoms with Crippen molar-refractivity contribution in [3.63, 3.8) is 0 Å². The molecule has 0 unspecified atom stereocenters. The molecule has 1 aromatic rings. The first-order valence-corrected chi connectivity index (χ1v) is 2.26. The van der Waals surface area contributed by atoms with Gasteiger partial charge in [0.25, 0.3) is 0 Å². The molecule has 1 radical (unpaired) electrons. The van der Waals surface area contributed by atoms with Crippen molar-refractivity contribution in [2.45, 2.75) is 6.73 Å². The molecular formula is C5H7N2O. The van der Waals surface area contributed by atoms with Gasteiger partial charge in [0.2, 0.25) is 0 Å². The van der Waals surface area contributed by atoms with Crippen LogP contribution in [0.3, 0.4) is 0 Å². The Labute approximate surface area is 47.9 Å². The maximum absolute atomic E-state index is 4.56. The third-order valence-electron chi connectivity index (χ3n) is 0.800. The van der Waals surface area contributed by atoms with Gasteiger partial charge in [0, 0.05) is 12.4 Å². The summed E-state index contributed by atoms with van der Waals surface area (Å²) in [6, 6.07) is 0. The quantitative estimate of drug-likeness (QED) is 0.560. The van der Waals surface area contributed by atoms with Crippen LogP contribution < -0.4 is 0 Å². The summed E-state index contributed by atoms with van der Waals surface area (Å²) in [7, 11) is 3.21. The van der Waals surface area contributed by atoms with Crippen LogP contribution >= 0.6 is 0 Å². The third kappa shape index (κ3) is 1.07. The van der Waals surface area contributed by atoms with Crippen molar-refractivity contribution in [1.82, 2.24) is 9.55 Å². The second-order valence-corrected chi connectivity index (χ2v) is 1.41. The van der Waals surface area contributed by atoms with E-state index in [9.17, 15) is 0 Å². The van der Waals surface area contributed by atoms with Gasteiger partial charge in [-0.05, 0) is 0 Å². The Morgan fingerprint density at radius 3 is 3.12 bits per heavy atom. The van der Waals surface area contributed by atoms with E-state index in [1.807, 2.05) is 6.20 Å². The molecule has 1 heterocycles. The summed E-state index contributed by atoms with van der Waals surface area (Å²) >= 11 is 0. The molecule has 1 aromatic heterocycles. The van der Waals surface area contributed by atoms with Crippen LogP contribution in [0.2, 0.25) is 0 Å². The molecule has 0 aliphatic rings. The molecule has 0 aliphatic heterocycles. The molecular weight excluding hydrogens is 104 g/mol. The highest BCUT2D eigenvalue weighted by molar-refractivity contribution is 4.71. The smallest absolute Gasteiger partial charge is 0.123 e. The van der Waals surface area contributed by atoms with Gasteiger partial charge in [0.15, 0.2) is 0 Å². The van der Waals surface area contributed by atoms with Crippen molar-refractivity contribution in [3.8, 4) is 0 Å². The molecule has 0 spiro atoms. The Morgan fingerprint density at radius 1 is 1.75 bits per heavy atom. The maximum Gasteiger partial charge on any atom is 0.123 e. The second kappa shape index (κ2) is 2.47. The predicted molar refractivity (Wildman–Crippen MR) is 28.7 cm³/mol. The molecule has 1 rings (SSSR count). The van der Waals surface area contributed by atoms with E-state index in [1.165, 1.54) is 0 Å². The summed E-state index contributed by atoms with van der Waals surface area (Å²) in [5, 5.41) is 0. The highest BCUT2D eigenvalue weighted by atomic mass is 16.5. The van der Waals surface area contributed by atoms with Crippen LogP contribution in [0.1, 0.15) is 0 Å². The lowest BCUT2D eigenvalue weighted by atomic mass is 10.9. The maximum atomic E-state index is 4.56. The molecule has 0 fully saturated rings. The Kier molecular flexibility index (Phi) is 1.64. The minimum absolute atomic E-state index is 0.472. The first-order chi connectivity index (χ1) is 3.93. The zero-order valence-electron chi connectivity index (χ0n) is 4.45. The van der Waals surface area contributed by atoms with Crippen molar-refractivity contribution in [2.75, 3.05) is 0 Å². The van der Waals surface area contributed by atoms with Gasteiger partial charge < -0.3 is 9.30 Å². The van der Waals surface area contributed by atoms with Gasteiger partial charge in [-0.1, -0.05) is 0 Å². The van der Waals surface area contributed by atoms with Crippen molar-refractivity contribution in [3.05, 3.63) is 25.8 Å². The fourth-order valence-corrected chi connectivity index (χ4v) is 0.469. The average Bonchev–Trinajstić information content (AvgIpc) is 2.19. The summed E-state index contributed by atoms with van der Waals surface area (Å²) in [6.07, 6.45) is 5.18. The highest BCUT2D eigenvalue weighted by Crippen LogP contribution is 1.84. The molecule has 0 saturated carbocycles. The van der Waals surface area contributed by atoms with E-state index in [4.69, 9.17) is 0 Å². The van der Waals surface area contributed by atoms with E-state index in [-0.39, 0.29) is 0 Å². The lowest BCUT2D eigenvalue weighted by molar-refractivity contribution is 0.168. The van der Waals surface area contributed by atoms with Gasteiger partial charge in [0.05, 0.1) is 13.4 Å². The van der Waals surface area contributed by atoms with E-state index in [1.54, 1.807) is 17.1 Å². The average molecular weight is 111 g/mol. The Balaban J connectivity index is 2.50. The molecule has 3 heteroatoms. The van der Waals surface area contributed by atoms with Crippen LogP contribution in [0.25, 0.3) is 0 Å². The molecule has 0 bridgehead atoms. The third-order valence-corrected chi connectivity index (χ3v) is 0.800. The molecule has 0 aromatic carbocycles. The molecule has 0 aliphatic carbocycles. The largest absolute Gasteiger partial charge is 0.358 e. The topological polar surface area (TPSA) is 27.1 Å². The van der Waals surface area contributed by atoms with Gasteiger partial charge in [-0.15, -0.1) is 0 Å². The number of aromatic nitrogens is 2. The van der Waals surface area contributed by atoms with Gasteiger partial charge in [-0.2, -0.15) is 0 Å². The molecule has 0 N–H and O–H groups in total. The fraction of sp³-hybridized carbons (Fsp3) is 0.200. The highest BCUT2D eigenvalue weighted by Gasteiger charge is 1.81. The molecule has 8 heavy (non-hydrogen) atoms. The number of rotatable bonds is 2. The van der Waals surface area contributed by atoms with E-state index < -0.39 is 0 Å². The zero-order valence-corrected chi connectivity index (χ0v) is 4.45. The summed E-state index contributed by atoms with van der Waals surface area (Å²) in [6.45, 7) is 0.472. The van der Waals surface area contributed by atoms with Crippen LogP contribution in [0.15, 0.2) is 18.7 Å². The number of nitrogens with zero attached hydrogens (tertiary/aromatic N) is 2. The standard InChI is InChI=1S/C5H7N2O/c1-8-5-7-3-2-6-4-7/h2-4H,1,5H2. The van der Waals surface area contributed by atoms with Crippen molar-refractivity contribution >= 4 is 0 Å². The summed E-state index contributed by atoms with van der Waals surface area (Å²) in [5.41, 5.74) is 0. The van der Waals surface area contributed by atoms with Crippen molar-refractivity contribution in [2.24, 2.45) is 0 Å². The normalized spacial score (nSPS) is 9.62. The van der Waals surface area contributed by atoms with E-state index in [2.05, 4.69) is 16.8 Å².